The van der Waals surface area contributed by atoms with Crippen molar-refractivity contribution in [3.63, 3.8) is 0 Å². The summed E-state index contributed by atoms with van der Waals surface area (Å²) in [6, 6.07) is 15.8. The molecule has 3 rings (SSSR count). The number of amides is 2. The standard InChI is InChI=1S/C22H26N2O5/c1-16(29-20-9-7-19(25)8-10-20)21(26)24-13-11-18(12-14-24)23-22(27)28-15-17-5-3-2-4-6-17/h2-10,16,18,25H,11-15H2,1H3,(H,23,27). The fraction of sp³-hybridized carbons (Fsp3) is 0.364. The highest BCUT2D eigenvalue weighted by molar-refractivity contribution is 5.81. The van der Waals surface area contributed by atoms with Gasteiger partial charge in [0.2, 0.25) is 0 Å². The molecule has 0 saturated carbocycles. The molecule has 1 heterocycles. The van der Waals surface area contributed by atoms with Crippen molar-refractivity contribution >= 4 is 12.0 Å². The van der Waals surface area contributed by atoms with Crippen molar-refractivity contribution in [1.82, 2.24) is 10.2 Å². The van der Waals surface area contributed by atoms with Crippen molar-refractivity contribution in [2.24, 2.45) is 0 Å². The van der Waals surface area contributed by atoms with Crippen molar-refractivity contribution in [3.8, 4) is 11.5 Å². The molecule has 1 saturated heterocycles. The lowest BCUT2D eigenvalue weighted by Crippen LogP contribution is -2.49. The second-order valence-electron chi connectivity index (χ2n) is 7.06. The molecular weight excluding hydrogens is 372 g/mol. The summed E-state index contributed by atoms with van der Waals surface area (Å²) in [6.45, 7) is 3.04. The highest BCUT2D eigenvalue weighted by atomic mass is 16.5. The Morgan fingerprint density at radius 3 is 2.41 bits per heavy atom. The second kappa shape index (κ2) is 9.82. The maximum absolute atomic E-state index is 12.6. The Hall–Kier alpha value is -3.22. The minimum Gasteiger partial charge on any atom is -0.508 e. The summed E-state index contributed by atoms with van der Waals surface area (Å²) in [5.41, 5.74) is 0.936. The zero-order chi connectivity index (χ0) is 20.6. The van der Waals surface area contributed by atoms with Crippen LogP contribution in [0.4, 0.5) is 4.79 Å². The topological polar surface area (TPSA) is 88.1 Å². The van der Waals surface area contributed by atoms with Gasteiger partial charge in [0.25, 0.3) is 5.91 Å². The van der Waals surface area contributed by atoms with E-state index in [4.69, 9.17) is 9.47 Å². The molecule has 2 aromatic carbocycles. The lowest BCUT2D eigenvalue weighted by molar-refractivity contribution is -0.139. The molecule has 2 aromatic rings. The Morgan fingerprint density at radius 2 is 1.76 bits per heavy atom. The minimum atomic E-state index is -0.625. The van der Waals surface area contributed by atoms with Crippen LogP contribution in [0.25, 0.3) is 0 Å². The number of nitrogens with zero attached hydrogens (tertiary/aromatic N) is 1. The van der Waals surface area contributed by atoms with Crippen LogP contribution in [-0.4, -0.2) is 47.2 Å². The molecule has 7 heteroatoms. The lowest BCUT2D eigenvalue weighted by Gasteiger charge is -2.33. The first-order valence-corrected chi connectivity index (χ1v) is 9.73. The van der Waals surface area contributed by atoms with E-state index in [1.807, 2.05) is 30.3 Å². The van der Waals surface area contributed by atoms with Crippen LogP contribution < -0.4 is 10.1 Å². The van der Waals surface area contributed by atoms with E-state index >= 15 is 0 Å². The van der Waals surface area contributed by atoms with Gasteiger partial charge in [-0.2, -0.15) is 0 Å². The summed E-state index contributed by atoms with van der Waals surface area (Å²) in [5.74, 6) is 0.581. The molecule has 154 valence electrons. The van der Waals surface area contributed by atoms with E-state index in [0.29, 0.717) is 31.7 Å². The molecule has 2 N–H and O–H groups in total. The van der Waals surface area contributed by atoms with Gasteiger partial charge in [0.15, 0.2) is 6.10 Å². The van der Waals surface area contributed by atoms with Crippen molar-refractivity contribution < 1.29 is 24.2 Å². The lowest BCUT2D eigenvalue weighted by atomic mass is 10.0. The Morgan fingerprint density at radius 1 is 1.10 bits per heavy atom. The predicted molar refractivity (Wildman–Crippen MR) is 108 cm³/mol. The zero-order valence-electron chi connectivity index (χ0n) is 16.4. The molecule has 2 amide bonds. The molecule has 0 radical (unpaired) electrons. The van der Waals surface area contributed by atoms with Gasteiger partial charge in [-0.15, -0.1) is 0 Å². The predicted octanol–water partition coefficient (Wildman–Crippen LogP) is 3.08. The normalized spacial score (nSPS) is 15.4. The first-order chi connectivity index (χ1) is 14.0. The number of rotatable bonds is 6. The Kier molecular flexibility index (Phi) is 6.94. The van der Waals surface area contributed by atoms with Crippen LogP contribution in [-0.2, 0) is 16.1 Å². The van der Waals surface area contributed by atoms with E-state index in [2.05, 4.69) is 5.32 Å². The number of alkyl carbamates (subject to hydrolysis) is 1. The Bertz CT molecular complexity index is 802. The maximum Gasteiger partial charge on any atom is 0.407 e. The van der Waals surface area contributed by atoms with Crippen LogP contribution in [0, 0.1) is 0 Å². The SMILES string of the molecule is CC(Oc1ccc(O)cc1)C(=O)N1CCC(NC(=O)OCc2ccccc2)CC1. The number of phenolic OH excluding ortho intramolecular Hbond substituents is 1. The average molecular weight is 398 g/mol. The Balaban J connectivity index is 1.39. The zero-order valence-corrected chi connectivity index (χ0v) is 16.4. The van der Waals surface area contributed by atoms with Crippen molar-refractivity contribution in [2.75, 3.05) is 13.1 Å². The van der Waals surface area contributed by atoms with Gasteiger partial charge in [0.05, 0.1) is 0 Å². The fourth-order valence-corrected chi connectivity index (χ4v) is 3.21. The summed E-state index contributed by atoms with van der Waals surface area (Å²) in [4.78, 5) is 26.3. The number of carbonyl (C=O) groups excluding carboxylic acids is 2. The van der Waals surface area contributed by atoms with E-state index in [-0.39, 0.29) is 24.3 Å². The molecule has 0 aromatic heterocycles. The van der Waals surface area contributed by atoms with E-state index in [0.717, 1.165) is 5.56 Å². The summed E-state index contributed by atoms with van der Waals surface area (Å²) < 4.78 is 10.9. The quantitative estimate of drug-likeness (QED) is 0.781. The van der Waals surface area contributed by atoms with E-state index in [1.54, 1.807) is 24.0 Å². The smallest absolute Gasteiger partial charge is 0.407 e. The van der Waals surface area contributed by atoms with Crippen molar-refractivity contribution in [2.45, 2.75) is 38.5 Å². The van der Waals surface area contributed by atoms with Crippen molar-refractivity contribution in [1.29, 1.82) is 0 Å². The van der Waals surface area contributed by atoms with Crippen LogP contribution in [0.1, 0.15) is 25.3 Å². The van der Waals surface area contributed by atoms with Gasteiger partial charge in [-0.1, -0.05) is 30.3 Å². The summed E-state index contributed by atoms with van der Waals surface area (Å²) in [6.07, 6.45) is 0.262. The van der Waals surface area contributed by atoms with Crippen LogP contribution in [0.3, 0.4) is 0 Å². The van der Waals surface area contributed by atoms with Gasteiger partial charge in [-0.25, -0.2) is 4.79 Å². The first-order valence-electron chi connectivity index (χ1n) is 9.73. The molecule has 1 aliphatic rings. The van der Waals surface area contributed by atoms with Crippen LogP contribution in [0.2, 0.25) is 0 Å². The third-order valence-electron chi connectivity index (χ3n) is 4.84. The number of hydrogen-bond acceptors (Lipinski definition) is 5. The number of likely N-dealkylation sites (tertiary alicyclic amines) is 1. The highest BCUT2D eigenvalue weighted by Crippen LogP contribution is 2.19. The fourth-order valence-electron chi connectivity index (χ4n) is 3.21. The summed E-state index contributed by atoms with van der Waals surface area (Å²) in [7, 11) is 0. The minimum absolute atomic E-state index is 0.0179. The number of phenols is 1. The number of ether oxygens (including phenoxy) is 2. The van der Waals surface area contributed by atoms with E-state index in [9.17, 15) is 14.7 Å². The van der Waals surface area contributed by atoms with E-state index < -0.39 is 12.2 Å². The molecule has 1 aliphatic heterocycles. The first kappa shape index (κ1) is 20.5. The van der Waals surface area contributed by atoms with Crippen LogP contribution in [0.15, 0.2) is 54.6 Å². The molecule has 0 spiro atoms. The van der Waals surface area contributed by atoms with Crippen LogP contribution >= 0.6 is 0 Å². The maximum atomic E-state index is 12.6. The largest absolute Gasteiger partial charge is 0.508 e. The third kappa shape index (κ3) is 6.14. The molecule has 1 unspecified atom stereocenters. The van der Waals surface area contributed by atoms with Gasteiger partial charge in [0.1, 0.15) is 18.1 Å². The second-order valence-corrected chi connectivity index (χ2v) is 7.06. The molecular formula is C22H26N2O5. The van der Waals surface area contributed by atoms with Gasteiger partial charge in [-0.3, -0.25) is 4.79 Å². The van der Waals surface area contributed by atoms with Gasteiger partial charge >= 0.3 is 6.09 Å². The molecule has 7 nitrogen and oxygen atoms in total. The molecule has 1 atom stereocenters. The van der Waals surface area contributed by atoms with Gasteiger partial charge in [0, 0.05) is 19.1 Å². The molecule has 0 bridgehead atoms. The Labute approximate surface area is 170 Å². The number of aromatic hydroxyl groups is 1. The molecule has 29 heavy (non-hydrogen) atoms. The van der Waals surface area contributed by atoms with Gasteiger partial charge < -0.3 is 24.8 Å². The van der Waals surface area contributed by atoms with Gasteiger partial charge in [-0.05, 0) is 49.6 Å². The monoisotopic (exact) mass is 398 g/mol. The summed E-state index contributed by atoms with van der Waals surface area (Å²) in [5, 5.41) is 12.2. The van der Waals surface area contributed by atoms with Crippen LogP contribution in [0.5, 0.6) is 11.5 Å². The van der Waals surface area contributed by atoms with E-state index in [1.165, 1.54) is 12.1 Å². The molecule has 1 fully saturated rings. The number of carbonyl (C=O) groups is 2. The average Bonchev–Trinajstić information content (AvgIpc) is 2.74. The highest BCUT2D eigenvalue weighted by Gasteiger charge is 2.28. The number of hydrogen-bond donors (Lipinski definition) is 2. The van der Waals surface area contributed by atoms with Crippen molar-refractivity contribution in [3.05, 3.63) is 60.2 Å². The third-order valence-corrected chi connectivity index (χ3v) is 4.84. The molecule has 0 aliphatic carbocycles. The number of nitrogens with one attached hydrogen (secondary N) is 1. The number of piperidine rings is 1. The number of benzene rings is 2. The summed E-state index contributed by atoms with van der Waals surface area (Å²) >= 11 is 0.